The van der Waals surface area contributed by atoms with Crippen LogP contribution in [0.2, 0.25) is 0 Å². The zero-order valence-electron chi connectivity index (χ0n) is 11.0. The number of hydrogen-bond acceptors (Lipinski definition) is 3. The van der Waals surface area contributed by atoms with E-state index in [0.29, 0.717) is 5.69 Å². The highest BCUT2D eigenvalue weighted by Gasteiger charge is 2.23. The predicted octanol–water partition coefficient (Wildman–Crippen LogP) is 4.80. The molecule has 3 nitrogen and oxygen atoms in total. The molecule has 0 spiro atoms. The van der Waals surface area contributed by atoms with Gasteiger partial charge in [-0.2, -0.15) is 5.11 Å². The number of azo groups is 1. The van der Waals surface area contributed by atoms with Crippen molar-refractivity contribution >= 4 is 17.1 Å². The fourth-order valence-electron chi connectivity index (χ4n) is 1.63. The molecule has 0 aliphatic heterocycles. The highest BCUT2D eigenvalue weighted by atomic mass is 19.2. The van der Waals surface area contributed by atoms with Gasteiger partial charge in [0.05, 0.1) is 5.69 Å². The molecule has 7 heteroatoms. The minimum Gasteiger partial charge on any atom is -0.394 e. The predicted molar refractivity (Wildman–Crippen MR) is 70.7 cm³/mol. The van der Waals surface area contributed by atoms with Crippen molar-refractivity contribution in [3.8, 4) is 0 Å². The Labute approximate surface area is 118 Å². The first-order valence-electron chi connectivity index (χ1n) is 6.07. The molecular weight excluding hydrogens is 286 g/mol. The molecule has 0 fully saturated rings. The van der Waals surface area contributed by atoms with Gasteiger partial charge in [0.15, 0.2) is 29.0 Å². The van der Waals surface area contributed by atoms with Gasteiger partial charge in [-0.05, 0) is 24.1 Å². The Morgan fingerprint density at radius 1 is 0.857 bits per heavy atom. The van der Waals surface area contributed by atoms with Gasteiger partial charge in [-0.25, -0.2) is 17.6 Å². The number of aryl methyl sites for hydroxylation is 1. The molecule has 0 aromatic heterocycles. The summed E-state index contributed by atoms with van der Waals surface area (Å²) in [6.45, 7) is 1.96. The molecule has 2 aromatic carbocycles. The van der Waals surface area contributed by atoms with Crippen molar-refractivity contribution in [2.24, 2.45) is 10.2 Å². The van der Waals surface area contributed by atoms with Crippen LogP contribution in [0.1, 0.15) is 12.5 Å². The Morgan fingerprint density at radius 2 is 1.38 bits per heavy atom. The van der Waals surface area contributed by atoms with Crippen LogP contribution in [0.4, 0.5) is 34.6 Å². The molecule has 0 heterocycles. The Bertz CT molecular complexity index is 667. The molecule has 0 amide bonds. The summed E-state index contributed by atoms with van der Waals surface area (Å²) in [6, 6.07) is 6.65. The number of nitrogens with zero attached hydrogens (tertiary/aromatic N) is 2. The molecule has 2 N–H and O–H groups in total. The highest BCUT2D eigenvalue weighted by Crippen LogP contribution is 2.32. The number of anilines is 1. The molecule has 0 unspecified atom stereocenters. The molecule has 0 saturated heterocycles. The second-order valence-corrected chi connectivity index (χ2v) is 4.24. The van der Waals surface area contributed by atoms with E-state index in [0.717, 1.165) is 12.0 Å². The van der Waals surface area contributed by atoms with E-state index in [9.17, 15) is 17.6 Å². The monoisotopic (exact) mass is 297 g/mol. The van der Waals surface area contributed by atoms with E-state index in [1.54, 1.807) is 24.3 Å². The minimum absolute atomic E-state index is 0.295. The number of benzene rings is 2. The Morgan fingerprint density at radius 3 is 1.86 bits per heavy atom. The van der Waals surface area contributed by atoms with Crippen LogP contribution in [-0.4, -0.2) is 0 Å². The Kier molecular flexibility index (Phi) is 4.21. The van der Waals surface area contributed by atoms with Gasteiger partial charge < -0.3 is 5.73 Å². The summed E-state index contributed by atoms with van der Waals surface area (Å²) in [5.41, 5.74) is 3.84. The molecular formula is C14H11F4N3. The van der Waals surface area contributed by atoms with Crippen LogP contribution in [0.5, 0.6) is 0 Å². The van der Waals surface area contributed by atoms with Gasteiger partial charge in [-0.3, -0.25) is 0 Å². The van der Waals surface area contributed by atoms with Gasteiger partial charge in [0.1, 0.15) is 5.69 Å². The summed E-state index contributed by atoms with van der Waals surface area (Å²) >= 11 is 0. The standard InChI is InChI=1S/C14H11F4N3/c1-2-7-3-5-8(6-4-7)20-21-14-11(17)9(15)13(19)10(16)12(14)18/h3-6H,2,19H2,1H3. The van der Waals surface area contributed by atoms with Crippen molar-refractivity contribution < 1.29 is 17.6 Å². The minimum atomic E-state index is -1.69. The topological polar surface area (TPSA) is 50.7 Å². The first kappa shape index (κ1) is 15.0. The largest absolute Gasteiger partial charge is 0.394 e. The van der Waals surface area contributed by atoms with E-state index in [1.165, 1.54) is 0 Å². The third kappa shape index (κ3) is 2.86. The smallest absolute Gasteiger partial charge is 0.191 e. The Hall–Kier alpha value is -2.44. The van der Waals surface area contributed by atoms with Crippen molar-refractivity contribution in [1.29, 1.82) is 0 Å². The summed E-state index contributed by atoms with van der Waals surface area (Å²) < 4.78 is 53.5. The lowest BCUT2D eigenvalue weighted by molar-refractivity contribution is 0.462. The van der Waals surface area contributed by atoms with Gasteiger partial charge in [0.2, 0.25) is 0 Å². The van der Waals surface area contributed by atoms with Crippen molar-refractivity contribution in [3.63, 3.8) is 0 Å². The highest BCUT2D eigenvalue weighted by molar-refractivity contribution is 5.53. The molecule has 0 aliphatic rings. The quantitative estimate of drug-likeness (QED) is 0.376. The van der Waals surface area contributed by atoms with E-state index in [2.05, 4.69) is 10.2 Å². The zero-order valence-corrected chi connectivity index (χ0v) is 11.0. The number of rotatable bonds is 3. The van der Waals surface area contributed by atoms with Crippen LogP contribution in [0.3, 0.4) is 0 Å². The lowest BCUT2D eigenvalue weighted by atomic mass is 10.2. The van der Waals surface area contributed by atoms with E-state index >= 15 is 0 Å². The lowest BCUT2D eigenvalue weighted by Crippen LogP contribution is -2.02. The molecule has 0 atom stereocenters. The van der Waals surface area contributed by atoms with Gasteiger partial charge in [0.25, 0.3) is 0 Å². The van der Waals surface area contributed by atoms with Crippen LogP contribution in [0, 0.1) is 23.3 Å². The molecule has 0 saturated carbocycles. The van der Waals surface area contributed by atoms with Crippen molar-refractivity contribution in [1.82, 2.24) is 0 Å². The molecule has 0 radical (unpaired) electrons. The van der Waals surface area contributed by atoms with Gasteiger partial charge >= 0.3 is 0 Å². The van der Waals surface area contributed by atoms with Crippen molar-refractivity contribution in [3.05, 3.63) is 53.1 Å². The van der Waals surface area contributed by atoms with Crippen LogP contribution in [0.15, 0.2) is 34.5 Å². The maximum Gasteiger partial charge on any atom is 0.191 e. The maximum absolute atomic E-state index is 13.5. The van der Waals surface area contributed by atoms with Gasteiger partial charge in [0, 0.05) is 0 Å². The van der Waals surface area contributed by atoms with E-state index in [-0.39, 0.29) is 0 Å². The van der Waals surface area contributed by atoms with Gasteiger partial charge in [-0.1, -0.05) is 19.1 Å². The first-order chi connectivity index (χ1) is 9.95. The number of halogens is 4. The second-order valence-electron chi connectivity index (χ2n) is 4.24. The van der Waals surface area contributed by atoms with E-state index in [1.807, 2.05) is 6.92 Å². The summed E-state index contributed by atoms with van der Waals surface area (Å²) in [5.74, 6) is -6.74. The fraction of sp³-hybridized carbons (Fsp3) is 0.143. The second kappa shape index (κ2) is 5.90. The molecule has 0 aliphatic carbocycles. The van der Waals surface area contributed by atoms with E-state index < -0.39 is 34.6 Å². The summed E-state index contributed by atoms with van der Waals surface area (Å²) in [5, 5.41) is 6.79. The Balaban J connectivity index is 2.41. The molecule has 2 rings (SSSR count). The molecule has 2 aromatic rings. The number of hydrogen-bond donors (Lipinski definition) is 1. The van der Waals surface area contributed by atoms with Crippen molar-refractivity contribution in [2.45, 2.75) is 13.3 Å². The molecule has 21 heavy (non-hydrogen) atoms. The average molecular weight is 297 g/mol. The van der Waals surface area contributed by atoms with E-state index in [4.69, 9.17) is 5.73 Å². The lowest BCUT2D eigenvalue weighted by Gasteiger charge is -2.04. The van der Waals surface area contributed by atoms with Crippen LogP contribution >= 0.6 is 0 Å². The molecule has 0 bridgehead atoms. The van der Waals surface area contributed by atoms with Gasteiger partial charge in [-0.15, -0.1) is 5.11 Å². The SMILES string of the molecule is CCc1ccc(N=Nc2c(F)c(F)c(N)c(F)c2F)cc1. The fourth-order valence-corrected chi connectivity index (χ4v) is 1.63. The average Bonchev–Trinajstić information content (AvgIpc) is 2.51. The van der Waals surface area contributed by atoms with Crippen LogP contribution in [0.25, 0.3) is 0 Å². The number of nitrogen functional groups attached to an aromatic ring is 1. The first-order valence-corrected chi connectivity index (χ1v) is 6.07. The van der Waals surface area contributed by atoms with Crippen LogP contribution < -0.4 is 5.73 Å². The summed E-state index contributed by atoms with van der Waals surface area (Å²) in [4.78, 5) is 0. The summed E-state index contributed by atoms with van der Waals surface area (Å²) in [6.07, 6.45) is 0.815. The third-order valence-corrected chi connectivity index (χ3v) is 2.88. The zero-order chi connectivity index (χ0) is 15.6. The number of nitrogens with two attached hydrogens (primary N) is 1. The van der Waals surface area contributed by atoms with Crippen molar-refractivity contribution in [2.75, 3.05) is 5.73 Å². The third-order valence-electron chi connectivity index (χ3n) is 2.88. The maximum atomic E-state index is 13.5. The summed E-state index contributed by atoms with van der Waals surface area (Å²) in [7, 11) is 0. The normalized spacial score (nSPS) is 11.3. The van der Waals surface area contributed by atoms with Crippen LogP contribution in [-0.2, 0) is 6.42 Å². The molecule has 110 valence electrons.